The highest BCUT2D eigenvalue weighted by molar-refractivity contribution is 8.04. The maximum absolute atomic E-state index is 11.9. The molecule has 9 heteroatoms. The predicted octanol–water partition coefficient (Wildman–Crippen LogP) is 3.42. The molecule has 18 heavy (non-hydrogen) atoms. The van der Waals surface area contributed by atoms with Gasteiger partial charge in [0.2, 0.25) is 0 Å². The summed E-state index contributed by atoms with van der Waals surface area (Å²) in [4.78, 5) is 15.3. The Kier molecular flexibility index (Phi) is 5.80. The van der Waals surface area contributed by atoms with E-state index in [1.165, 1.54) is 23.1 Å². The average molecular weight is 317 g/mol. The van der Waals surface area contributed by atoms with Gasteiger partial charge in [0.25, 0.3) is 0 Å². The topological polar surface area (TPSA) is 50.2 Å². The normalized spacial score (nSPS) is 11.8. The Balaban J connectivity index is 2.41. The minimum absolute atomic E-state index is 0.0406. The van der Waals surface area contributed by atoms with Gasteiger partial charge in [0, 0.05) is 16.4 Å². The Bertz CT molecular complexity index is 420. The van der Waals surface area contributed by atoms with Gasteiger partial charge in [0.05, 0.1) is 12.1 Å². The van der Waals surface area contributed by atoms with Crippen LogP contribution in [0.15, 0.2) is 4.34 Å². The van der Waals surface area contributed by atoms with E-state index in [-0.39, 0.29) is 23.9 Å². The van der Waals surface area contributed by atoms with Crippen molar-refractivity contribution in [3.05, 3.63) is 10.6 Å². The minimum Gasteiger partial charge on any atom is -0.481 e. The van der Waals surface area contributed by atoms with Gasteiger partial charge in [-0.3, -0.25) is 4.79 Å². The van der Waals surface area contributed by atoms with E-state index in [1.54, 1.807) is 6.92 Å². The molecule has 0 aliphatic carbocycles. The summed E-state index contributed by atoms with van der Waals surface area (Å²) in [6.07, 6.45) is -0.0959. The molecule has 0 radical (unpaired) electrons. The zero-order chi connectivity index (χ0) is 13.8. The van der Waals surface area contributed by atoms with Gasteiger partial charge in [-0.25, -0.2) is 4.98 Å². The number of carboxylic acid groups (broad SMARTS) is 1. The van der Waals surface area contributed by atoms with Crippen LogP contribution in [0.1, 0.15) is 10.6 Å². The Morgan fingerprint density at radius 2 is 2.11 bits per heavy atom. The van der Waals surface area contributed by atoms with Crippen LogP contribution in [-0.2, 0) is 11.2 Å². The van der Waals surface area contributed by atoms with Crippen molar-refractivity contribution in [2.75, 3.05) is 11.5 Å². The first kappa shape index (κ1) is 15.6. The van der Waals surface area contributed by atoms with Crippen LogP contribution in [0, 0.1) is 6.92 Å². The van der Waals surface area contributed by atoms with Crippen LogP contribution in [0.4, 0.5) is 13.2 Å². The van der Waals surface area contributed by atoms with Crippen LogP contribution in [-0.4, -0.2) is 33.1 Å². The lowest BCUT2D eigenvalue weighted by atomic mass is 10.3. The minimum atomic E-state index is -4.20. The highest BCUT2D eigenvalue weighted by Gasteiger charge is 2.27. The standard InChI is InChI=1S/C9H10F3NO2S3/c1-5-6(4-7(14)15)18-8(13-5)16-2-3-17-9(10,11)12/h2-4H2,1H3,(H,14,15). The Labute approximate surface area is 114 Å². The second-order valence-corrected chi connectivity index (χ2v) is 6.79. The fourth-order valence-electron chi connectivity index (χ4n) is 1.05. The third-order valence-corrected chi connectivity index (χ3v) is 5.06. The molecule has 0 atom stereocenters. The van der Waals surface area contributed by atoms with E-state index in [4.69, 9.17) is 5.11 Å². The number of carbonyl (C=O) groups is 1. The van der Waals surface area contributed by atoms with E-state index >= 15 is 0 Å². The van der Waals surface area contributed by atoms with Crippen molar-refractivity contribution in [2.24, 2.45) is 0 Å². The Morgan fingerprint density at radius 1 is 1.44 bits per heavy atom. The maximum atomic E-state index is 11.9. The smallest absolute Gasteiger partial charge is 0.441 e. The molecule has 0 aromatic carbocycles. The molecule has 1 N–H and O–H groups in total. The number of rotatable bonds is 6. The molecule has 1 aromatic heterocycles. The van der Waals surface area contributed by atoms with Crippen LogP contribution in [0.25, 0.3) is 0 Å². The first-order valence-corrected chi connectivity index (χ1v) is 7.58. The number of aryl methyl sites for hydroxylation is 1. The predicted molar refractivity (Wildman–Crippen MR) is 67.4 cm³/mol. The number of alkyl halides is 3. The highest BCUT2D eigenvalue weighted by atomic mass is 32.2. The molecule has 3 nitrogen and oxygen atoms in total. The molecule has 1 aromatic rings. The van der Waals surface area contributed by atoms with E-state index in [9.17, 15) is 18.0 Å². The third-order valence-electron chi connectivity index (χ3n) is 1.76. The molecular formula is C9H10F3NO2S3. The van der Waals surface area contributed by atoms with Crippen molar-refractivity contribution in [2.45, 2.75) is 23.2 Å². The highest BCUT2D eigenvalue weighted by Crippen LogP contribution is 2.33. The molecule has 1 rings (SSSR count). The van der Waals surface area contributed by atoms with Crippen molar-refractivity contribution < 1.29 is 23.1 Å². The number of halogens is 3. The van der Waals surface area contributed by atoms with Crippen molar-refractivity contribution >= 4 is 40.8 Å². The Morgan fingerprint density at radius 3 is 2.67 bits per heavy atom. The van der Waals surface area contributed by atoms with E-state index < -0.39 is 11.5 Å². The summed E-state index contributed by atoms with van der Waals surface area (Å²) in [5.41, 5.74) is -3.57. The number of aliphatic carboxylic acids is 1. The zero-order valence-electron chi connectivity index (χ0n) is 9.28. The van der Waals surface area contributed by atoms with E-state index in [0.29, 0.717) is 20.7 Å². The number of thioether (sulfide) groups is 2. The number of nitrogens with zero attached hydrogens (tertiary/aromatic N) is 1. The van der Waals surface area contributed by atoms with Gasteiger partial charge in [0.15, 0.2) is 0 Å². The lowest BCUT2D eigenvalue weighted by Crippen LogP contribution is -2.02. The van der Waals surface area contributed by atoms with Gasteiger partial charge in [-0.05, 0) is 6.92 Å². The summed E-state index contributed by atoms with van der Waals surface area (Å²) in [5, 5.41) is 8.65. The summed E-state index contributed by atoms with van der Waals surface area (Å²) in [6, 6.07) is 0. The number of hydrogen-bond acceptors (Lipinski definition) is 5. The average Bonchev–Trinajstić information content (AvgIpc) is 2.52. The molecule has 0 unspecified atom stereocenters. The largest absolute Gasteiger partial charge is 0.481 e. The third kappa shape index (κ3) is 5.96. The van der Waals surface area contributed by atoms with Crippen LogP contribution >= 0.6 is 34.9 Å². The second kappa shape index (κ2) is 6.67. The van der Waals surface area contributed by atoms with Gasteiger partial charge in [-0.2, -0.15) is 13.2 Å². The molecule has 0 bridgehead atoms. The first-order valence-electron chi connectivity index (χ1n) is 4.79. The molecule has 0 saturated heterocycles. The lowest BCUT2D eigenvalue weighted by Gasteiger charge is -2.03. The van der Waals surface area contributed by atoms with Crippen molar-refractivity contribution in [1.29, 1.82) is 0 Å². The van der Waals surface area contributed by atoms with Gasteiger partial charge < -0.3 is 5.11 Å². The van der Waals surface area contributed by atoms with E-state index in [0.717, 1.165) is 0 Å². The number of hydrogen-bond donors (Lipinski definition) is 1. The SMILES string of the molecule is Cc1nc(SCCSC(F)(F)F)sc1CC(=O)O. The summed E-state index contributed by atoms with van der Waals surface area (Å²) in [7, 11) is 0. The quantitative estimate of drug-likeness (QED) is 0.643. The van der Waals surface area contributed by atoms with Crippen molar-refractivity contribution in [3.63, 3.8) is 0 Å². The molecule has 0 fully saturated rings. The molecule has 0 amide bonds. The Hall–Kier alpha value is -0.410. The summed E-state index contributed by atoms with van der Waals surface area (Å²) < 4.78 is 36.2. The summed E-state index contributed by atoms with van der Waals surface area (Å²) in [5.74, 6) is -0.684. The van der Waals surface area contributed by atoms with Crippen LogP contribution < -0.4 is 0 Å². The number of aromatic nitrogens is 1. The fraction of sp³-hybridized carbons (Fsp3) is 0.556. The van der Waals surface area contributed by atoms with Crippen molar-refractivity contribution in [1.82, 2.24) is 4.98 Å². The van der Waals surface area contributed by atoms with Gasteiger partial charge >= 0.3 is 11.5 Å². The van der Waals surface area contributed by atoms with Gasteiger partial charge in [0.1, 0.15) is 4.34 Å². The maximum Gasteiger partial charge on any atom is 0.441 e. The molecule has 102 valence electrons. The molecule has 0 saturated carbocycles. The van der Waals surface area contributed by atoms with E-state index in [2.05, 4.69) is 4.98 Å². The molecule has 0 aliphatic heterocycles. The summed E-state index contributed by atoms with van der Waals surface area (Å²) >= 11 is 2.38. The molecule has 1 heterocycles. The van der Waals surface area contributed by atoms with Crippen LogP contribution in [0.3, 0.4) is 0 Å². The first-order chi connectivity index (χ1) is 8.28. The zero-order valence-corrected chi connectivity index (χ0v) is 11.7. The lowest BCUT2D eigenvalue weighted by molar-refractivity contribution is -0.136. The number of thiazole rings is 1. The molecule has 0 aliphatic rings. The number of carboxylic acids is 1. The second-order valence-electron chi connectivity index (χ2n) is 3.20. The van der Waals surface area contributed by atoms with Gasteiger partial charge in [-0.15, -0.1) is 11.3 Å². The van der Waals surface area contributed by atoms with Crippen molar-refractivity contribution in [3.8, 4) is 0 Å². The molecular weight excluding hydrogens is 307 g/mol. The van der Waals surface area contributed by atoms with E-state index in [1.807, 2.05) is 0 Å². The summed E-state index contributed by atoms with van der Waals surface area (Å²) in [6.45, 7) is 1.70. The van der Waals surface area contributed by atoms with Crippen LogP contribution in [0.5, 0.6) is 0 Å². The fourth-order valence-corrected chi connectivity index (χ4v) is 3.89. The van der Waals surface area contributed by atoms with Gasteiger partial charge in [-0.1, -0.05) is 23.5 Å². The van der Waals surface area contributed by atoms with Crippen LogP contribution in [0.2, 0.25) is 0 Å². The molecule has 0 spiro atoms. The monoisotopic (exact) mass is 317 g/mol.